The molecule has 0 aliphatic heterocycles. The van der Waals surface area contributed by atoms with Crippen LogP contribution in [0.25, 0.3) is 0 Å². The summed E-state index contributed by atoms with van der Waals surface area (Å²) < 4.78 is 0. The van der Waals surface area contributed by atoms with Crippen molar-refractivity contribution in [2.45, 2.75) is 33.1 Å². The van der Waals surface area contributed by atoms with Crippen molar-refractivity contribution in [3.63, 3.8) is 0 Å². The van der Waals surface area contributed by atoms with Crippen LogP contribution >= 0.6 is 0 Å². The minimum atomic E-state index is -0.128. The van der Waals surface area contributed by atoms with E-state index < -0.39 is 0 Å². The summed E-state index contributed by atoms with van der Waals surface area (Å²) in [7, 11) is 0. The number of benzene rings is 1. The summed E-state index contributed by atoms with van der Waals surface area (Å²) in [5.41, 5.74) is 12.8. The molecule has 100 valence electrons. The van der Waals surface area contributed by atoms with Crippen LogP contribution in [0, 0.1) is 5.92 Å². The minimum absolute atomic E-state index is 0.128. The van der Waals surface area contributed by atoms with E-state index in [4.69, 9.17) is 11.5 Å². The lowest BCUT2D eigenvalue weighted by atomic mass is 10.1. The number of amides is 1. The van der Waals surface area contributed by atoms with Crippen LogP contribution in [-0.2, 0) is 0 Å². The molecule has 0 aliphatic rings. The second-order valence-electron chi connectivity index (χ2n) is 4.99. The van der Waals surface area contributed by atoms with Crippen LogP contribution in [-0.4, -0.2) is 12.5 Å². The van der Waals surface area contributed by atoms with Gasteiger partial charge in [-0.05, 0) is 30.5 Å². The Hall–Kier alpha value is -1.71. The molecule has 0 fully saturated rings. The highest BCUT2D eigenvalue weighted by Crippen LogP contribution is 2.15. The van der Waals surface area contributed by atoms with Gasteiger partial charge in [-0.2, -0.15) is 0 Å². The molecule has 0 heterocycles. The van der Waals surface area contributed by atoms with E-state index in [0.717, 1.165) is 12.8 Å². The van der Waals surface area contributed by atoms with Gasteiger partial charge >= 0.3 is 0 Å². The molecule has 4 nitrogen and oxygen atoms in total. The Balaban J connectivity index is 2.36. The van der Waals surface area contributed by atoms with Gasteiger partial charge in [0, 0.05) is 17.9 Å². The Labute approximate surface area is 109 Å². The number of carbonyl (C=O) groups is 1. The van der Waals surface area contributed by atoms with Crippen molar-refractivity contribution in [2.75, 3.05) is 18.0 Å². The molecule has 0 radical (unpaired) electrons. The number of hydrogen-bond donors (Lipinski definition) is 3. The first-order valence-corrected chi connectivity index (χ1v) is 6.44. The Bertz CT molecular complexity index is 402. The first-order chi connectivity index (χ1) is 8.50. The molecule has 1 amide bonds. The zero-order valence-corrected chi connectivity index (χ0v) is 11.2. The third-order valence-corrected chi connectivity index (χ3v) is 2.81. The average Bonchev–Trinajstić information content (AvgIpc) is 2.27. The van der Waals surface area contributed by atoms with Crippen LogP contribution in [0.2, 0.25) is 0 Å². The third kappa shape index (κ3) is 4.65. The summed E-state index contributed by atoms with van der Waals surface area (Å²) in [5, 5.41) is 2.87. The molecule has 0 saturated carbocycles. The molecule has 0 saturated heterocycles. The molecule has 0 aliphatic carbocycles. The van der Waals surface area contributed by atoms with Crippen LogP contribution in [0.4, 0.5) is 11.4 Å². The van der Waals surface area contributed by atoms with Crippen LogP contribution in [0.5, 0.6) is 0 Å². The van der Waals surface area contributed by atoms with Gasteiger partial charge < -0.3 is 16.8 Å². The highest BCUT2D eigenvalue weighted by atomic mass is 16.1. The van der Waals surface area contributed by atoms with Gasteiger partial charge in [0.05, 0.1) is 5.56 Å². The van der Waals surface area contributed by atoms with E-state index in [-0.39, 0.29) is 5.91 Å². The lowest BCUT2D eigenvalue weighted by molar-refractivity contribution is 0.0954. The van der Waals surface area contributed by atoms with Crippen LogP contribution < -0.4 is 16.8 Å². The predicted octanol–water partition coefficient (Wildman–Crippen LogP) is 2.41. The summed E-state index contributed by atoms with van der Waals surface area (Å²) in [4.78, 5) is 11.8. The number of carbonyl (C=O) groups excluding carboxylic acids is 1. The number of nitrogen functional groups attached to an aromatic ring is 2. The molecule has 1 aromatic rings. The lowest BCUT2D eigenvalue weighted by Crippen LogP contribution is -2.25. The molecule has 5 N–H and O–H groups in total. The molecule has 1 aromatic carbocycles. The van der Waals surface area contributed by atoms with Crippen molar-refractivity contribution in [3.8, 4) is 0 Å². The van der Waals surface area contributed by atoms with E-state index in [1.807, 2.05) is 0 Å². The fourth-order valence-electron chi connectivity index (χ4n) is 1.76. The van der Waals surface area contributed by atoms with E-state index in [1.165, 1.54) is 6.42 Å². The van der Waals surface area contributed by atoms with Crippen LogP contribution in [0.1, 0.15) is 43.5 Å². The zero-order chi connectivity index (χ0) is 13.5. The molecule has 1 rings (SSSR count). The maximum atomic E-state index is 11.8. The van der Waals surface area contributed by atoms with Gasteiger partial charge in [-0.1, -0.05) is 26.7 Å². The Morgan fingerprint density at radius 2 is 2.00 bits per heavy atom. The highest BCUT2D eigenvalue weighted by molar-refractivity contribution is 5.99. The standard InChI is InChI=1S/C14H23N3O/c1-10(2)5-3-4-8-17-14(18)12-7-6-11(15)9-13(12)16/h6-7,9-10H,3-5,8,15-16H2,1-2H3,(H,17,18). The lowest BCUT2D eigenvalue weighted by Gasteiger charge is -2.08. The normalized spacial score (nSPS) is 10.6. The van der Waals surface area contributed by atoms with E-state index in [9.17, 15) is 4.79 Å². The summed E-state index contributed by atoms with van der Waals surface area (Å²) in [5.74, 6) is 0.588. The summed E-state index contributed by atoms with van der Waals surface area (Å²) >= 11 is 0. The van der Waals surface area contributed by atoms with Gasteiger partial charge in [0.2, 0.25) is 0 Å². The van der Waals surface area contributed by atoms with E-state index in [2.05, 4.69) is 19.2 Å². The third-order valence-electron chi connectivity index (χ3n) is 2.81. The molecule has 0 bridgehead atoms. The molecule has 0 aromatic heterocycles. The van der Waals surface area contributed by atoms with Crippen molar-refractivity contribution in [1.29, 1.82) is 0 Å². The van der Waals surface area contributed by atoms with E-state index in [0.29, 0.717) is 29.4 Å². The number of anilines is 2. The Morgan fingerprint density at radius 1 is 1.28 bits per heavy atom. The quantitative estimate of drug-likeness (QED) is 0.535. The van der Waals surface area contributed by atoms with Crippen molar-refractivity contribution >= 4 is 17.3 Å². The molecular formula is C14H23N3O. The minimum Gasteiger partial charge on any atom is -0.399 e. The van der Waals surface area contributed by atoms with Crippen LogP contribution in [0.15, 0.2) is 18.2 Å². The number of rotatable bonds is 6. The first kappa shape index (κ1) is 14.4. The monoisotopic (exact) mass is 249 g/mol. The molecule has 4 heteroatoms. The van der Waals surface area contributed by atoms with E-state index >= 15 is 0 Å². The summed E-state index contributed by atoms with van der Waals surface area (Å²) in [6.07, 6.45) is 3.33. The van der Waals surface area contributed by atoms with Gasteiger partial charge in [-0.25, -0.2) is 0 Å². The van der Waals surface area contributed by atoms with Gasteiger partial charge in [0.15, 0.2) is 0 Å². The SMILES string of the molecule is CC(C)CCCCNC(=O)c1ccc(N)cc1N. The maximum Gasteiger partial charge on any atom is 0.253 e. The zero-order valence-electron chi connectivity index (χ0n) is 11.2. The molecule has 18 heavy (non-hydrogen) atoms. The van der Waals surface area contributed by atoms with E-state index in [1.54, 1.807) is 18.2 Å². The first-order valence-electron chi connectivity index (χ1n) is 6.44. The molecular weight excluding hydrogens is 226 g/mol. The largest absolute Gasteiger partial charge is 0.399 e. The van der Waals surface area contributed by atoms with Crippen molar-refractivity contribution < 1.29 is 4.79 Å². The Morgan fingerprint density at radius 3 is 2.61 bits per heavy atom. The van der Waals surface area contributed by atoms with Crippen molar-refractivity contribution in [2.24, 2.45) is 5.92 Å². The number of unbranched alkanes of at least 4 members (excludes halogenated alkanes) is 1. The molecule has 0 spiro atoms. The molecule has 0 unspecified atom stereocenters. The van der Waals surface area contributed by atoms with Gasteiger partial charge in [0.25, 0.3) is 5.91 Å². The van der Waals surface area contributed by atoms with Gasteiger partial charge in [-0.3, -0.25) is 4.79 Å². The fourth-order valence-corrected chi connectivity index (χ4v) is 1.76. The Kier molecular flexibility index (Phi) is 5.49. The maximum absolute atomic E-state index is 11.8. The van der Waals surface area contributed by atoms with Crippen LogP contribution in [0.3, 0.4) is 0 Å². The number of nitrogens with two attached hydrogens (primary N) is 2. The fraction of sp³-hybridized carbons (Fsp3) is 0.500. The summed E-state index contributed by atoms with van der Waals surface area (Å²) in [6.45, 7) is 5.09. The molecule has 0 atom stereocenters. The second-order valence-corrected chi connectivity index (χ2v) is 4.99. The smallest absolute Gasteiger partial charge is 0.253 e. The second kappa shape index (κ2) is 6.89. The van der Waals surface area contributed by atoms with Gasteiger partial charge in [-0.15, -0.1) is 0 Å². The number of nitrogens with one attached hydrogen (secondary N) is 1. The summed E-state index contributed by atoms with van der Waals surface area (Å²) in [6, 6.07) is 4.95. The average molecular weight is 249 g/mol. The van der Waals surface area contributed by atoms with Crippen molar-refractivity contribution in [1.82, 2.24) is 5.32 Å². The highest BCUT2D eigenvalue weighted by Gasteiger charge is 2.08. The van der Waals surface area contributed by atoms with Crippen molar-refractivity contribution in [3.05, 3.63) is 23.8 Å². The number of hydrogen-bond acceptors (Lipinski definition) is 3. The topological polar surface area (TPSA) is 81.1 Å². The predicted molar refractivity (Wildman–Crippen MR) is 76.3 cm³/mol. The van der Waals surface area contributed by atoms with Gasteiger partial charge in [0.1, 0.15) is 0 Å².